The second-order valence-corrected chi connectivity index (χ2v) is 3.87. The molecule has 0 fully saturated rings. The van der Waals surface area contributed by atoms with Gasteiger partial charge in [-0.1, -0.05) is 0 Å². The maximum Gasteiger partial charge on any atom is 0.326 e. The van der Waals surface area contributed by atoms with Gasteiger partial charge in [-0.05, 0) is 6.42 Å². The Balaban J connectivity index is 3.09. The normalized spacial score (nSPS) is 11.7. The van der Waals surface area contributed by atoms with Crippen molar-refractivity contribution in [3.05, 3.63) is 18.1 Å². The molecule has 0 unspecified atom stereocenters. The van der Waals surface area contributed by atoms with Crippen molar-refractivity contribution >= 4 is 29.9 Å². The molecule has 0 spiro atoms. The number of amides is 1. The summed E-state index contributed by atoms with van der Waals surface area (Å²) >= 11 is 0. The Labute approximate surface area is 112 Å². The highest BCUT2D eigenvalue weighted by molar-refractivity contribution is 5.87. The van der Waals surface area contributed by atoms with Crippen molar-refractivity contribution < 1.29 is 29.0 Å². The minimum absolute atomic E-state index is 0.00881. The number of halogens is 1. The van der Waals surface area contributed by atoms with E-state index < -0.39 is 36.0 Å². The van der Waals surface area contributed by atoms with Crippen LogP contribution in [-0.4, -0.2) is 39.6 Å². The molecular weight excluding hydrogens is 273 g/mol. The number of anilines is 2. The van der Waals surface area contributed by atoms with E-state index in [1.165, 1.54) is 0 Å². The summed E-state index contributed by atoms with van der Waals surface area (Å²) in [7, 11) is 0. The molecule has 0 aliphatic rings. The van der Waals surface area contributed by atoms with Crippen LogP contribution in [0.25, 0.3) is 0 Å². The lowest BCUT2D eigenvalue weighted by atomic mass is 10.1. The summed E-state index contributed by atoms with van der Waals surface area (Å²) in [5, 5.41) is 17.6. The fourth-order valence-electron chi connectivity index (χ4n) is 1.55. The number of hydrogen-bond acceptors (Lipinski definition) is 5. The number of aliphatic carboxylic acids is 2. The van der Waals surface area contributed by atoms with Gasteiger partial charge in [0, 0.05) is 12.5 Å². The lowest BCUT2D eigenvalue weighted by Crippen LogP contribution is -2.41. The number of carbonyl (C=O) groups is 3. The molecule has 20 heavy (non-hydrogen) atoms. The third-order valence-electron chi connectivity index (χ3n) is 2.45. The van der Waals surface area contributed by atoms with Crippen LogP contribution in [0, 0.1) is 5.82 Å². The predicted octanol–water partition coefficient (Wildman–Crippen LogP) is 0.0837. The Morgan fingerprint density at radius 1 is 1.50 bits per heavy atom. The van der Waals surface area contributed by atoms with Gasteiger partial charge < -0.3 is 15.9 Å². The number of rotatable bonds is 7. The summed E-state index contributed by atoms with van der Waals surface area (Å²) in [6, 6.07) is -0.649. The monoisotopic (exact) mass is 285 g/mol. The molecule has 0 aliphatic heterocycles. The molecular formula is C11H12FN3O5. The van der Waals surface area contributed by atoms with E-state index in [-0.39, 0.29) is 18.5 Å². The minimum Gasteiger partial charge on any atom is -0.481 e. The second-order valence-electron chi connectivity index (χ2n) is 3.87. The minimum atomic E-state index is -1.53. The number of carboxylic acids is 2. The first-order valence-corrected chi connectivity index (χ1v) is 5.46. The molecule has 9 heteroatoms. The number of nitrogens with zero attached hydrogens (tertiary/aromatic N) is 2. The predicted molar refractivity (Wildman–Crippen MR) is 65.4 cm³/mol. The molecule has 4 N–H and O–H groups in total. The van der Waals surface area contributed by atoms with Crippen molar-refractivity contribution in [1.82, 2.24) is 4.98 Å². The Bertz CT molecular complexity index is 537. The molecule has 1 amide bonds. The number of nitrogens with two attached hydrogens (primary N) is 1. The van der Waals surface area contributed by atoms with Gasteiger partial charge >= 0.3 is 11.9 Å². The van der Waals surface area contributed by atoms with Gasteiger partial charge in [0.1, 0.15) is 6.04 Å². The van der Waals surface area contributed by atoms with Gasteiger partial charge in [-0.2, -0.15) is 0 Å². The van der Waals surface area contributed by atoms with Crippen molar-refractivity contribution in [3.8, 4) is 0 Å². The summed E-state index contributed by atoms with van der Waals surface area (Å²) in [6.07, 6.45) is 0.278. The maximum absolute atomic E-state index is 13.7. The molecule has 0 aromatic carbocycles. The first kappa shape index (κ1) is 15.3. The summed E-state index contributed by atoms with van der Waals surface area (Å²) in [5.41, 5.74) is 5.31. The molecule has 0 radical (unpaired) electrons. The lowest BCUT2D eigenvalue weighted by Gasteiger charge is -2.23. The van der Waals surface area contributed by atoms with E-state index in [0.29, 0.717) is 4.90 Å². The van der Waals surface area contributed by atoms with Crippen LogP contribution in [-0.2, 0) is 14.4 Å². The average Bonchev–Trinajstić information content (AvgIpc) is 2.35. The Kier molecular flexibility index (Phi) is 4.95. The van der Waals surface area contributed by atoms with Crippen LogP contribution in [0.4, 0.5) is 15.9 Å². The lowest BCUT2D eigenvalue weighted by molar-refractivity contribution is -0.140. The van der Waals surface area contributed by atoms with Crippen LogP contribution in [0.15, 0.2) is 12.3 Å². The van der Waals surface area contributed by atoms with Crippen molar-refractivity contribution in [2.45, 2.75) is 18.9 Å². The standard InChI is InChI=1S/C11H12FN3O5/c12-7-3-6(13)4-14-10(7)15(5-16)8(11(19)20)1-2-9(17)18/h3-5,8H,1-2,13H2,(H,17,18)(H,19,20)/t8-/m0/s1. The summed E-state index contributed by atoms with van der Waals surface area (Å²) in [5.74, 6) is -4.19. The fourth-order valence-corrected chi connectivity index (χ4v) is 1.55. The van der Waals surface area contributed by atoms with E-state index >= 15 is 0 Å². The Morgan fingerprint density at radius 2 is 2.15 bits per heavy atom. The van der Waals surface area contributed by atoms with Crippen molar-refractivity contribution in [3.63, 3.8) is 0 Å². The number of pyridine rings is 1. The van der Waals surface area contributed by atoms with Crippen LogP contribution in [0.3, 0.4) is 0 Å². The van der Waals surface area contributed by atoms with E-state index in [0.717, 1.165) is 12.3 Å². The zero-order valence-electron chi connectivity index (χ0n) is 10.2. The van der Waals surface area contributed by atoms with Crippen molar-refractivity contribution in [2.24, 2.45) is 0 Å². The molecule has 1 atom stereocenters. The summed E-state index contributed by atoms with van der Waals surface area (Å²) < 4.78 is 13.7. The molecule has 1 rings (SSSR count). The Hall–Kier alpha value is -2.71. The highest BCUT2D eigenvalue weighted by Gasteiger charge is 2.29. The molecule has 0 bridgehead atoms. The van der Waals surface area contributed by atoms with Crippen LogP contribution < -0.4 is 10.6 Å². The molecule has 0 saturated carbocycles. The third-order valence-corrected chi connectivity index (χ3v) is 2.45. The number of hydrogen-bond donors (Lipinski definition) is 3. The molecule has 0 aliphatic carbocycles. The van der Waals surface area contributed by atoms with E-state index in [1.54, 1.807) is 0 Å². The van der Waals surface area contributed by atoms with E-state index in [9.17, 15) is 18.8 Å². The zero-order valence-corrected chi connectivity index (χ0v) is 10.2. The van der Waals surface area contributed by atoms with Gasteiger partial charge in [-0.15, -0.1) is 0 Å². The van der Waals surface area contributed by atoms with Gasteiger partial charge in [-0.25, -0.2) is 14.2 Å². The maximum atomic E-state index is 13.7. The molecule has 0 saturated heterocycles. The van der Waals surface area contributed by atoms with Gasteiger partial charge in [-0.3, -0.25) is 14.5 Å². The molecule has 1 aromatic rings. The van der Waals surface area contributed by atoms with Crippen LogP contribution in [0.5, 0.6) is 0 Å². The molecule has 8 nitrogen and oxygen atoms in total. The number of carboxylic acid groups (broad SMARTS) is 2. The van der Waals surface area contributed by atoms with Gasteiger partial charge in [0.25, 0.3) is 0 Å². The molecule has 108 valence electrons. The molecule has 1 heterocycles. The van der Waals surface area contributed by atoms with E-state index in [2.05, 4.69) is 4.98 Å². The first-order valence-electron chi connectivity index (χ1n) is 5.46. The van der Waals surface area contributed by atoms with Crippen molar-refractivity contribution in [2.75, 3.05) is 10.6 Å². The zero-order chi connectivity index (χ0) is 15.3. The van der Waals surface area contributed by atoms with E-state index in [1.807, 2.05) is 0 Å². The van der Waals surface area contributed by atoms with Crippen molar-refractivity contribution in [1.29, 1.82) is 0 Å². The average molecular weight is 285 g/mol. The van der Waals surface area contributed by atoms with E-state index in [4.69, 9.17) is 15.9 Å². The number of nitrogen functional groups attached to an aromatic ring is 1. The van der Waals surface area contributed by atoms with Gasteiger partial charge in [0.15, 0.2) is 11.6 Å². The third kappa shape index (κ3) is 3.64. The second kappa shape index (κ2) is 6.45. The van der Waals surface area contributed by atoms with Crippen LogP contribution >= 0.6 is 0 Å². The van der Waals surface area contributed by atoms with Gasteiger partial charge in [0.2, 0.25) is 6.41 Å². The number of aromatic nitrogens is 1. The quantitative estimate of drug-likeness (QED) is 0.604. The summed E-state index contributed by atoms with van der Waals surface area (Å²) in [4.78, 5) is 36.7. The van der Waals surface area contributed by atoms with Gasteiger partial charge in [0.05, 0.1) is 11.9 Å². The number of carbonyl (C=O) groups excluding carboxylic acids is 1. The first-order chi connectivity index (χ1) is 9.36. The van der Waals surface area contributed by atoms with Crippen LogP contribution in [0.2, 0.25) is 0 Å². The fraction of sp³-hybridized carbons (Fsp3) is 0.273. The summed E-state index contributed by atoms with van der Waals surface area (Å²) in [6.45, 7) is 0. The smallest absolute Gasteiger partial charge is 0.326 e. The highest BCUT2D eigenvalue weighted by Crippen LogP contribution is 2.21. The largest absolute Gasteiger partial charge is 0.481 e. The SMILES string of the molecule is Nc1cnc(N(C=O)[C@@H](CCC(=O)O)C(=O)O)c(F)c1. The highest BCUT2D eigenvalue weighted by atomic mass is 19.1. The van der Waals surface area contributed by atoms with Crippen LogP contribution in [0.1, 0.15) is 12.8 Å². The Morgan fingerprint density at radius 3 is 2.60 bits per heavy atom. The topological polar surface area (TPSA) is 134 Å². The molecule has 1 aromatic heterocycles.